The molecule has 1 aliphatic carbocycles. The Bertz CT molecular complexity index is 484. The van der Waals surface area contributed by atoms with Crippen molar-refractivity contribution in [2.75, 3.05) is 24.5 Å². The molecule has 1 aromatic carbocycles. The molecule has 0 amide bonds. The quantitative estimate of drug-likeness (QED) is 0.898. The highest BCUT2D eigenvalue weighted by atomic mass is 79.9. The van der Waals surface area contributed by atoms with Crippen molar-refractivity contribution in [3.8, 4) is 0 Å². The molecule has 1 N–H and O–H groups in total. The first-order valence-electron chi connectivity index (χ1n) is 7.91. The number of rotatable bonds is 3. The molecule has 0 aromatic heterocycles. The van der Waals surface area contributed by atoms with E-state index in [1.807, 2.05) is 0 Å². The van der Waals surface area contributed by atoms with Crippen molar-refractivity contribution in [1.29, 1.82) is 0 Å². The smallest absolute Gasteiger partial charge is 0.0400 e. The maximum atomic E-state index is 3.82. The van der Waals surface area contributed by atoms with Crippen LogP contribution in [0, 0.1) is 5.92 Å². The molecule has 1 saturated carbocycles. The fraction of sp³-hybridized carbons (Fsp3) is 0.647. The maximum absolute atomic E-state index is 3.82. The fourth-order valence-corrected chi connectivity index (χ4v) is 3.93. The van der Waals surface area contributed by atoms with Gasteiger partial charge in [-0.05, 0) is 68.8 Å². The van der Waals surface area contributed by atoms with Crippen LogP contribution in [-0.4, -0.2) is 25.2 Å². The van der Waals surface area contributed by atoms with E-state index in [9.17, 15) is 0 Å². The minimum atomic E-state index is 0.300. The molecule has 1 aromatic rings. The van der Waals surface area contributed by atoms with Gasteiger partial charge in [-0.15, -0.1) is 0 Å². The van der Waals surface area contributed by atoms with Crippen LogP contribution in [0.15, 0.2) is 22.7 Å². The molecule has 2 aliphatic rings. The Labute approximate surface area is 131 Å². The van der Waals surface area contributed by atoms with Gasteiger partial charge in [0.2, 0.25) is 0 Å². The molecule has 1 unspecified atom stereocenters. The van der Waals surface area contributed by atoms with Crippen molar-refractivity contribution in [1.82, 2.24) is 5.32 Å². The summed E-state index contributed by atoms with van der Waals surface area (Å²) in [6.07, 6.45) is 5.14. The lowest BCUT2D eigenvalue weighted by Crippen LogP contribution is -2.51. The fourth-order valence-electron chi connectivity index (χ4n) is 3.52. The first-order chi connectivity index (χ1) is 9.62. The van der Waals surface area contributed by atoms with Gasteiger partial charge in [-0.2, -0.15) is 0 Å². The van der Waals surface area contributed by atoms with Gasteiger partial charge in [0.1, 0.15) is 0 Å². The van der Waals surface area contributed by atoms with Crippen LogP contribution >= 0.6 is 15.9 Å². The molecule has 1 aliphatic heterocycles. The second-order valence-electron chi connectivity index (χ2n) is 6.52. The zero-order valence-electron chi connectivity index (χ0n) is 12.6. The van der Waals surface area contributed by atoms with Gasteiger partial charge in [0.25, 0.3) is 0 Å². The van der Waals surface area contributed by atoms with Gasteiger partial charge >= 0.3 is 0 Å². The Morgan fingerprint density at radius 3 is 2.90 bits per heavy atom. The van der Waals surface area contributed by atoms with Crippen molar-refractivity contribution in [3.05, 3.63) is 28.2 Å². The van der Waals surface area contributed by atoms with E-state index in [0.717, 1.165) is 25.4 Å². The Morgan fingerprint density at radius 2 is 2.20 bits per heavy atom. The molecule has 0 spiro atoms. The van der Waals surface area contributed by atoms with Crippen LogP contribution in [0.2, 0.25) is 0 Å². The standard InChI is InChI=1S/C17H25BrN2/c1-3-13-11-15(18)7-8-16(13)20-10-4-9-19-17(2,12-20)14-5-6-14/h7-8,11,14,19H,3-6,9-10,12H2,1-2H3. The highest BCUT2D eigenvalue weighted by Gasteiger charge is 2.43. The summed E-state index contributed by atoms with van der Waals surface area (Å²) in [4.78, 5) is 2.61. The molecule has 110 valence electrons. The van der Waals surface area contributed by atoms with Crippen LogP contribution in [-0.2, 0) is 6.42 Å². The van der Waals surface area contributed by atoms with Crippen LogP contribution < -0.4 is 10.2 Å². The highest BCUT2D eigenvalue weighted by molar-refractivity contribution is 9.10. The summed E-state index contributed by atoms with van der Waals surface area (Å²) in [6, 6.07) is 6.75. The third kappa shape index (κ3) is 2.89. The van der Waals surface area contributed by atoms with Crippen LogP contribution in [0.1, 0.15) is 38.7 Å². The first kappa shape index (κ1) is 14.4. The van der Waals surface area contributed by atoms with Crippen molar-refractivity contribution < 1.29 is 0 Å². The van der Waals surface area contributed by atoms with Crippen molar-refractivity contribution in [2.45, 2.75) is 45.1 Å². The van der Waals surface area contributed by atoms with Crippen molar-refractivity contribution in [3.63, 3.8) is 0 Å². The lowest BCUT2D eigenvalue weighted by atomic mass is 9.94. The zero-order chi connectivity index (χ0) is 14.2. The predicted molar refractivity (Wildman–Crippen MR) is 89.5 cm³/mol. The lowest BCUT2D eigenvalue weighted by Gasteiger charge is -2.36. The summed E-state index contributed by atoms with van der Waals surface area (Å²) in [5.74, 6) is 0.878. The Hall–Kier alpha value is -0.540. The number of aryl methyl sites for hydroxylation is 1. The van der Waals surface area contributed by atoms with E-state index in [4.69, 9.17) is 0 Å². The molecule has 3 heteroatoms. The van der Waals surface area contributed by atoms with Crippen molar-refractivity contribution in [2.24, 2.45) is 5.92 Å². The van der Waals surface area contributed by atoms with E-state index in [2.05, 4.69) is 58.2 Å². The van der Waals surface area contributed by atoms with E-state index >= 15 is 0 Å². The summed E-state index contributed by atoms with van der Waals surface area (Å²) < 4.78 is 1.19. The number of hydrogen-bond donors (Lipinski definition) is 1. The molecule has 1 heterocycles. The molecule has 1 atom stereocenters. The Balaban J connectivity index is 1.88. The minimum Gasteiger partial charge on any atom is -0.369 e. The van der Waals surface area contributed by atoms with Gasteiger partial charge in [-0.3, -0.25) is 0 Å². The average molecular weight is 337 g/mol. The lowest BCUT2D eigenvalue weighted by molar-refractivity contribution is 0.331. The summed E-state index contributed by atoms with van der Waals surface area (Å²) in [6.45, 7) is 8.15. The summed E-state index contributed by atoms with van der Waals surface area (Å²) in [5.41, 5.74) is 3.19. The summed E-state index contributed by atoms with van der Waals surface area (Å²) in [5, 5.41) is 3.82. The monoisotopic (exact) mass is 336 g/mol. The highest BCUT2D eigenvalue weighted by Crippen LogP contribution is 2.41. The van der Waals surface area contributed by atoms with Crippen LogP contribution in [0.3, 0.4) is 0 Å². The third-order valence-corrected chi connectivity index (χ3v) is 5.39. The molecule has 20 heavy (non-hydrogen) atoms. The number of halogens is 1. The minimum absolute atomic E-state index is 0.300. The summed E-state index contributed by atoms with van der Waals surface area (Å²) >= 11 is 3.60. The number of benzene rings is 1. The van der Waals surface area contributed by atoms with E-state index < -0.39 is 0 Å². The second-order valence-corrected chi connectivity index (χ2v) is 7.44. The molecule has 2 nitrogen and oxygen atoms in total. The SMILES string of the molecule is CCc1cc(Br)ccc1N1CCCNC(C)(C2CC2)C1. The largest absolute Gasteiger partial charge is 0.369 e. The topological polar surface area (TPSA) is 15.3 Å². The normalized spacial score (nSPS) is 27.4. The molecule has 0 bridgehead atoms. The molecule has 0 radical (unpaired) electrons. The van der Waals surface area contributed by atoms with Gasteiger partial charge in [-0.25, -0.2) is 0 Å². The second kappa shape index (κ2) is 5.69. The zero-order valence-corrected chi connectivity index (χ0v) is 14.2. The third-order valence-electron chi connectivity index (χ3n) is 4.89. The van der Waals surface area contributed by atoms with Gasteiger partial charge in [0.05, 0.1) is 0 Å². The van der Waals surface area contributed by atoms with Crippen LogP contribution in [0.25, 0.3) is 0 Å². The van der Waals surface area contributed by atoms with E-state index in [1.54, 1.807) is 0 Å². The van der Waals surface area contributed by atoms with Gasteiger partial charge < -0.3 is 10.2 Å². The van der Waals surface area contributed by atoms with Crippen LogP contribution in [0.5, 0.6) is 0 Å². The molecule has 3 rings (SSSR count). The van der Waals surface area contributed by atoms with E-state index in [0.29, 0.717) is 5.54 Å². The number of anilines is 1. The number of hydrogen-bond acceptors (Lipinski definition) is 2. The maximum Gasteiger partial charge on any atom is 0.0400 e. The van der Waals surface area contributed by atoms with Crippen LogP contribution in [0.4, 0.5) is 5.69 Å². The van der Waals surface area contributed by atoms with Gasteiger partial charge in [0, 0.05) is 28.8 Å². The number of nitrogens with zero attached hydrogens (tertiary/aromatic N) is 1. The predicted octanol–water partition coefficient (Wildman–Crippen LogP) is 3.98. The molecule has 2 fully saturated rings. The van der Waals surface area contributed by atoms with E-state index in [1.165, 1.54) is 41.5 Å². The van der Waals surface area contributed by atoms with Gasteiger partial charge in [-0.1, -0.05) is 22.9 Å². The number of nitrogens with one attached hydrogen (secondary N) is 1. The first-order valence-corrected chi connectivity index (χ1v) is 8.70. The molecular formula is C17H25BrN2. The molecular weight excluding hydrogens is 312 g/mol. The van der Waals surface area contributed by atoms with Crippen molar-refractivity contribution >= 4 is 21.6 Å². The average Bonchev–Trinajstić information content (AvgIpc) is 3.26. The Kier molecular flexibility index (Phi) is 4.09. The van der Waals surface area contributed by atoms with E-state index in [-0.39, 0.29) is 0 Å². The molecule has 1 saturated heterocycles. The Morgan fingerprint density at radius 1 is 1.40 bits per heavy atom. The summed E-state index contributed by atoms with van der Waals surface area (Å²) in [7, 11) is 0. The van der Waals surface area contributed by atoms with Gasteiger partial charge in [0.15, 0.2) is 0 Å².